The van der Waals surface area contributed by atoms with Crippen LogP contribution in [-0.2, 0) is 15.8 Å². The molecule has 2 aliphatic rings. The molecule has 0 bridgehead atoms. The number of halogens is 6. The number of carbonyl (C=O) groups is 2. The number of carbonyl (C=O) groups excluding carboxylic acids is 2. The second kappa shape index (κ2) is 6.92. The van der Waals surface area contributed by atoms with E-state index in [2.05, 4.69) is 0 Å². The van der Waals surface area contributed by atoms with Gasteiger partial charge in [0.15, 0.2) is 0 Å². The predicted octanol–water partition coefficient (Wildman–Crippen LogP) is 4.15. The first-order chi connectivity index (χ1) is 13.6. The molecule has 3 rings (SSSR count). The zero-order chi connectivity index (χ0) is 22.6. The Labute approximate surface area is 167 Å². The fourth-order valence-corrected chi connectivity index (χ4v) is 3.66. The molecule has 0 spiro atoms. The van der Waals surface area contributed by atoms with Crippen molar-refractivity contribution in [1.82, 2.24) is 10.2 Å². The normalized spacial score (nSPS) is 19.0. The summed E-state index contributed by atoms with van der Waals surface area (Å²) in [4.78, 5) is 25.2. The zero-order valence-electron chi connectivity index (χ0n) is 16.2. The second-order valence-corrected chi connectivity index (χ2v) is 7.55. The molecule has 1 fully saturated rings. The average molecular weight is 436 g/mol. The second-order valence-electron chi connectivity index (χ2n) is 7.55. The average Bonchev–Trinajstić information content (AvgIpc) is 2.99. The van der Waals surface area contributed by atoms with Crippen LogP contribution >= 0.6 is 0 Å². The lowest BCUT2D eigenvalue weighted by molar-refractivity contribution is -0.173. The van der Waals surface area contributed by atoms with Gasteiger partial charge in [0.1, 0.15) is 11.4 Å². The number of ether oxygens (including phenoxy) is 1. The Morgan fingerprint density at radius 2 is 1.80 bits per heavy atom. The van der Waals surface area contributed by atoms with Crippen LogP contribution in [0, 0.1) is 6.92 Å². The van der Waals surface area contributed by atoms with Crippen LogP contribution in [-0.4, -0.2) is 35.0 Å². The van der Waals surface area contributed by atoms with E-state index in [4.69, 9.17) is 4.74 Å². The van der Waals surface area contributed by atoms with Crippen LogP contribution in [0.4, 0.5) is 26.3 Å². The van der Waals surface area contributed by atoms with Crippen molar-refractivity contribution in [2.24, 2.45) is 0 Å². The van der Waals surface area contributed by atoms with Crippen LogP contribution in [0.3, 0.4) is 0 Å². The van der Waals surface area contributed by atoms with E-state index in [1.54, 1.807) is 5.32 Å². The molecular weight excluding hydrogens is 418 g/mol. The molecule has 2 amide bonds. The molecule has 1 saturated heterocycles. The molecule has 11 heteroatoms. The first-order valence-corrected chi connectivity index (χ1v) is 8.98. The third-order valence-corrected chi connectivity index (χ3v) is 5.01. The van der Waals surface area contributed by atoms with Gasteiger partial charge < -0.3 is 15.0 Å². The monoisotopic (exact) mass is 436 g/mol. The summed E-state index contributed by atoms with van der Waals surface area (Å²) < 4.78 is 84.8. The van der Waals surface area contributed by atoms with Crippen molar-refractivity contribution >= 4 is 17.5 Å². The van der Waals surface area contributed by atoms with E-state index in [0.29, 0.717) is 6.42 Å². The minimum Gasteiger partial charge on any atom is -0.481 e. The van der Waals surface area contributed by atoms with E-state index in [1.165, 1.54) is 13.8 Å². The number of hydrogen-bond acceptors (Lipinski definition) is 3. The summed E-state index contributed by atoms with van der Waals surface area (Å²) in [5, 5.41) is 1.74. The Morgan fingerprint density at radius 3 is 2.30 bits per heavy atom. The van der Waals surface area contributed by atoms with Crippen LogP contribution in [0.5, 0.6) is 5.75 Å². The van der Waals surface area contributed by atoms with Crippen LogP contribution in [0.15, 0.2) is 17.8 Å². The third kappa shape index (κ3) is 3.72. The summed E-state index contributed by atoms with van der Waals surface area (Å²) in [5.74, 6) is -2.80. The summed E-state index contributed by atoms with van der Waals surface area (Å²) >= 11 is 0. The SMILES string of the molecule is Cc1c(C(F)(F)F)ccc2c1C(N1CCCC1=O)=C(NC(=O)C(F)(F)F)C(C)(C)O2. The minimum atomic E-state index is -5.24. The molecule has 30 heavy (non-hydrogen) atoms. The van der Waals surface area contributed by atoms with Gasteiger partial charge in [-0.05, 0) is 44.9 Å². The summed E-state index contributed by atoms with van der Waals surface area (Å²) in [6.45, 7) is 3.95. The van der Waals surface area contributed by atoms with Crippen LogP contribution in [0.2, 0.25) is 0 Å². The number of hydrogen-bond donors (Lipinski definition) is 1. The van der Waals surface area contributed by atoms with Gasteiger partial charge in [0.05, 0.1) is 17.0 Å². The Morgan fingerprint density at radius 1 is 1.17 bits per heavy atom. The van der Waals surface area contributed by atoms with E-state index in [-0.39, 0.29) is 35.5 Å². The molecule has 1 N–H and O–H groups in total. The molecule has 0 unspecified atom stereocenters. The van der Waals surface area contributed by atoms with E-state index < -0.39 is 41.0 Å². The lowest BCUT2D eigenvalue weighted by Crippen LogP contribution is -2.49. The Bertz CT molecular complexity index is 947. The molecule has 0 aromatic heterocycles. The highest BCUT2D eigenvalue weighted by Crippen LogP contribution is 2.47. The van der Waals surface area contributed by atoms with Gasteiger partial charge in [0.25, 0.3) is 0 Å². The first kappa shape index (κ1) is 22.0. The smallest absolute Gasteiger partial charge is 0.471 e. The predicted molar refractivity (Wildman–Crippen MR) is 93.0 cm³/mol. The maximum atomic E-state index is 13.5. The summed E-state index contributed by atoms with van der Waals surface area (Å²) in [6, 6.07) is 1.88. The number of amides is 2. The van der Waals surface area contributed by atoms with Crippen molar-refractivity contribution in [2.75, 3.05) is 6.54 Å². The van der Waals surface area contributed by atoms with Crippen molar-refractivity contribution in [2.45, 2.75) is 51.6 Å². The zero-order valence-corrected chi connectivity index (χ0v) is 16.2. The summed E-state index contributed by atoms with van der Waals surface area (Å²) in [7, 11) is 0. The van der Waals surface area contributed by atoms with Crippen molar-refractivity contribution in [3.63, 3.8) is 0 Å². The standard InChI is InChI=1S/C19H18F6N2O3/c1-9-10(18(20,21)22)6-7-11-13(9)14(27-8-4-5-12(27)28)15(17(2,3)30-11)26-16(29)19(23,24)25/h6-7H,4-5,8H2,1-3H3,(H,26,29). The highest BCUT2D eigenvalue weighted by molar-refractivity contribution is 5.94. The number of benzene rings is 1. The van der Waals surface area contributed by atoms with E-state index in [0.717, 1.165) is 24.0 Å². The Balaban J connectivity index is 2.33. The first-order valence-electron chi connectivity index (χ1n) is 8.98. The minimum absolute atomic E-state index is 0.0230. The van der Waals surface area contributed by atoms with Gasteiger partial charge in [-0.25, -0.2) is 0 Å². The van der Waals surface area contributed by atoms with Gasteiger partial charge in [-0.2, -0.15) is 26.3 Å². The van der Waals surface area contributed by atoms with Gasteiger partial charge >= 0.3 is 18.3 Å². The molecule has 164 valence electrons. The highest BCUT2D eigenvalue weighted by Gasteiger charge is 2.47. The van der Waals surface area contributed by atoms with Crippen LogP contribution < -0.4 is 10.1 Å². The van der Waals surface area contributed by atoms with Gasteiger partial charge in [0.2, 0.25) is 5.91 Å². The molecule has 1 aromatic rings. The summed E-state index contributed by atoms with van der Waals surface area (Å²) in [5.41, 5.74) is -3.69. The van der Waals surface area contributed by atoms with Gasteiger partial charge in [-0.3, -0.25) is 9.59 Å². The molecule has 2 aliphatic heterocycles. The van der Waals surface area contributed by atoms with Gasteiger partial charge in [-0.15, -0.1) is 0 Å². The van der Waals surface area contributed by atoms with Gasteiger partial charge in [-0.1, -0.05) is 0 Å². The summed E-state index contributed by atoms with van der Waals surface area (Å²) in [6.07, 6.45) is -9.52. The van der Waals surface area contributed by atoms with Crippen LogP contribution in [0.1, 0.15) is 43.4 Å². The Kier molecular flexibility index (Phi) is 5.07. The largest absolute Gasteiger partial charge is 0.481 e. The molecule has 0 saturated carbocycles. The Hall–Kier alpha value is -2.72. The topological polar surface area (TPSA) is 58.6 Å². The van der Waals surface area contributed by atoms with E-state index >= 15 is 0 Å². The molecule has 0 aliphatic carbocycles. The molecule has 5 nitrogen and oxygen atoms in total. The maximum absolute atomic E-state index is 13.5. The van der Waals surface area contributed by atoms with Crippen LogP contribution in [0.25, 0.3) is 5.70 Å². The molecule has 2 heterocycles. The highest BCUT2D eigenvalue weighted by atomic mass is 19.4. The maximum Gasteiger partial charge on any atom is 0.471 e. The van der Waals surface area contributed by atoms with E-state index in [9.17, 15) is 35.9 Å². The molecule has 0 radical (unpaired) electrons. The van der Waals surface area contributed by atoms with Crippen molar-refractivity contribution in [3.8, 4) is 5.75 Å². The van der Waals surface area contributed by atoms with Crippen molar-refractivity contribution in [1.29, 1.82) is 0 Å². The number of nitrogens with zero attached hydrogens (tertiary/aromatic N) is 1. The number of fused-ring (bicyclic) bond motifs is 1. The lowest BCUT2D eigenvalue weighted by atomic mass is 9.89. The number of alkyl halides is 6. The number of likely N-dealkylation sites (tertiary alicyclic amines) is 1. The van der Waals surface area contributed by atoms with E-state index in [1.807, 2.05) is 0 Å². The molecule has 1 aromatic carbocycles. The lowest BCUT2D eigenvalue weighted by Gasteiger charge is -2.40. The number of nitrogens with one attached hydrogen (secondary N) is 1. The third-order valence-electron chi connectivity index (χ3n) is 5.01. The fraction of sp³-hybridized carbons (Fsp3) is 0.474. The van der Waals surface area contributed by atoms with Crippen molar-refractivity contribution in [3.05, 3.63) is 34.5 Å². The van der Waals surface area contributed by atoms with Gasteiger partial charge in [0, 0.05) is 18.5 Å². The number of rotatable bonds is 2. The fourth-order valence-electron chi connectivity index (χ4n) is 3.66. The quantitative estimate of drug-likeness (QED) is 0.709. The molecular formula is C19H18F6N2O3. The van der Waals surface area contributed by atoms with Crippen molar-refractivity contribution < 1.29 is 40.7 Å². The molecule has 0 atom stereocenters.